The van der Waals surface area contributed by atoms with E-state index in [9.17, 15) is 4.79 Å². The van der Waals surface area contributed by atoms with Crippen molar-refractivity contribution in [2.45, 2.75) is 26.7 Å². The van der Waals surface area contributed by atoms with Crippen LogP contribution in [0.5, 0.6) is 5.75 Å². The molecule has 0 saturated heterocycles. The molecule has 1 aliphatic carbocycles. The number of hydrogen-bond donors (Lipinski definition) is 0. The highest BCUT2D eigenvalue weighted by Crippen LogP contribution is 2.33. The van der Waals surface area contributed by atoms with Gasteiger partial charge in [-0.1, -0.05) is 19.1 Å². The third-order valence-corrected chi connectivity index (χ3v) is 3.50. The van der Waals surface area contributed by atoms with Crippen LogP contribution in [0.15, 0.2) is 24.3 Å². The summed E-state index contributed by atoms with van der Waals surface area (Å²) in [7, 11) is 0. The van der Waals surface area contributed by atoms with E-state index in [0.29, 0.717) is 5.92 Å². The summed E-state index contributed by atoms with van der Waals surface area (Å²) in [4.78, 5) is 11.2. The van der Waals surface area contributed by atoms with Gasteiger partial charge in [0.05, 0.1) is 6.61 Å². The summed E-state index contributed by atoms with van der Waals surface area (Å²) in [5.74, 6) is 2.38. The predicted octanol–water partition coefficient (Wildman–Crippen LogP) is 3.31. The zero-order chi connectivity index (χ0) is 11.5. The predicted molar refractivity (Wildman–Crippen MR) is 63.8 cm³/mol. The van der Waals surface area contributed by atoms with E-state index < -0.39 is 0 Å². The van der Waals surface area contributed by atoms with E-state index in [0.717, 1.165) is 23.8 Å². The lowest BCUT2D eigenvalue weighted by molar-refractivity contribution is 0.101. The maximum atomic E-state index is 11.2. The van der Waals surface area contributed by atoms with Crippen molar-refractivity contribution >= 4 is 5.78 Å². The average Bonchev–Trinajstić information content (AvgIpc) is 2.27. The number of benzene rings is 1. The highest BCUT2D eigenvalue weighted by molar-refractivity contribution is 5.94. The third kappa shape index (κ3) is 2.43. The first-order valence-electron chi connectivity index (χ1n) is 5.90. The number of ether oxygens (including phenoxy) is 1. The molecule has 0 bridgehead atoms. The van der Waals surface area contributed by atoms with E-state index in [1.807, 2.05) is 24.3 Å². The molecule has 1 aliphatic rings. The van der Waals surface area contributed by atoms with Gasteiger partial charge >= 0.3 is 0 Å². The zero-order valence-corrected chi connectivity index (χ0v) is 9.90. The fraction of sp³-hybridized carbons (Fsp3) is 0.500. The van der Waals surface area contributed by atoms with E-state index in [-0.39, 0.29) is 5.78 Å². The highest BCUT2D eigenvalue weighted by Gasteiger charge is 2.27. The van der Waals surface area contributed by atoms with Crippen LogP contribution in [-0.4, -0.2) is 12.4 Å². The fourth-order valence-electron chi connectivity index (χ4n) is 1.99. The molecule has 0 N–H and O–H groups in total. The van der Waals surface area contributed by atoms with Gasteiger partial charge < -0.3 is 4.74 Å². The van der Waals surface area contributed by atoms with Crippen LogP contribution in [-0.2, 0) is 0 Å². The third-order valence-electron chi connectivity index (χ3n) is 3.50. The lowest BCUT2D eigenvalue weighted by Crippen LogP contribution is -2.28. The first kappa shape index (κ1) is 11.2. The van der Waals surface area contributed by atoms with Crippen molar-refractivity contribution in [3.63, 3.8) is 0 Å². The van der Waals surface area contributed by atoms with E-state index in [2.05, 4.69) is 6.92 Å². The Hall–Kier alpha value is -1.31. The Morgan fingerprint density at radius 1 is 1.44 bits per heavy atom. The van der Waals surface area contributed by atoms with E-state index in [4.69, 9.17) is 4.74 Å². The Bertz CT molecular complexity index is 384. The maximum absolute atomic E-state index is 11.2. The molecule has 0 aromatic heterocycles. The molecule has 2 rings (SSSR count). The number of Topliss-reactive ketones (excluding diaryl/α,β-unsaturated/α-hetero) is 1. The van der Waals surface area contributed by atoms with Crippen LogP contribution < -0.4 is 4.74 Å². The Balaban J connectivity index is 1.93. The van der Waals surface area contributed by atoms with Gasteiger partial charge in [-0.05, 0) is 43.7 Å². The van der Waals surface area contributed by atoms with Gasteiger partial charge in [0.1, 0.15) is 5.75 Å². The second-order valence-electron chi connectivity index (χ2n) is 4.71. The van der Waals surface area contributed by atoms with Gasteiger partial charge in [0.2, 0.25) is 0 Å². The number of rotatable bonds is 4. The number of carbonyl (C=O) groups is 1. The van der Waals surface area contributed by atoms with Crippen LogP contribution >= 0.6 is 0 Å². The Morgan fingerprint density at radius 2 is 2.25 bits per heavy atom. The van der Waals surface area contributed by atoms with Crippen LogP contribution in [0.4, 0.5) is 0 Å². The molecule has 0 heterocycles. The second-order valence-corrected chi connectivity index (χ2v) is 4.71. The molecule has 2 nitrogen and oxygen atoms in total. The van der Waals surface area contributed by atoms with Gasteiger partial charge in [-0.3, -0.25) is 4.79 Å². The summed E-state index contributed by atoms with van der Waals surface area (Å²) in [6.07, 6.45) is 2.59. The van der Waals surface area contributed by atoms with Crippen LogP contribution in [0, 0.1) is 11.8 Å². The molecule has 2 atom stereocenters. The topological polar surface area (TPSA) is 26.3 Å². The van der Waals surface area contributed by atoms with Crippen molar-refractivity contribution in [2.75, 3.05) is 6.61 Å². The van der Waals surface area contributed by atoms with Gasteiger partial charge in [0.15, 0.2) is 5.78 Å². The molecule has 1 aromatic rings. The first-order valence-corrected chi connectivity index (χ1v) is 5.90. The SMILES string of the molecule is CC(=O)c1cccc(OC[C@H]2CC[C@@H]2C)c1. The van der Waals surface area contributed by atoms with Crippen molar-refractivity contribution in [1.82, 2.24) is 0 Å². The molecule has 0 radical (unpaired) electrons. The first-order chi connectivity index (χ1) is 7.66. The summed E-state index contributed by atoms with van der Waals surface area (Å²) in [6, 6.07) is 7.43. The monoisotopic (exact) mass is 218 g/mol. The zero-order valence-electron chi connectivity index (χ0n) is 9.90. The summed E-state index contributed by atoms with van der Waals surface area (Å²) in [6.45, 7) is 4.62. The smallest absolute Gasteiger partial charge is 0.159 e. The van der Waals surface area contributed by atoms with Crippen molar-refractivity contribution in [3.05, 3.63) is 29.8 Å². The highest BCUT2D eigenvalue weighted by atomic mass is 16.5. The van der Waals surface area contributed by atoms with Crippen LogP contribution in [0.1, 0.15) is 37.0 Å². The molecule has 0 aliphatic heterocycles. The van der Waals surface area contributed by atoms with Crippen molar-refractivity contribution < 1.29 is 9.53 Å². The van der Waals surface area contributed by atoms with E-state index in [1.165, 1.54) is 12.8 Å². The Labute approximate surface area is 96.6 Å². The van der Waals surface area contributed by atoms with Crippen molar-refractivity contribution in [3.8, 4) is 5.75 Å². The minimum Gasteiger partial charge on any atom is -0.493 e. The molecule has 0 amide bonds. The number of carbonyl (C=O) groups excluding carboxylic acids is 1. The molecule has 2 heteroatoms. The van der Waals surface area contributed by atoms with Crippen molar-refractivity contribution in [2.24, 2.45) is 11.8 Å². The quantitative estimate of drug-likeness (QED) is 0.725. The molecule has 16 heavy (non-hydrogen) atoms. The van der Waals surface area contributed by atoms with Gasteiger partial charge in [-0.25, -0.2) is 0 Å². The minimum absolute atomic E-state index is 0.0856. The van der Waals surface area contributed by atoms with Crippen LogP contribution in [0.3, 0.4) is 0 Å². The van der Waals surface area contributed by atoms with Crippen LogP contribution in [0.2, 0.25) is 0 Å². The lowest BCUT2D eigenvalue weighted by atomic mass is 9.75. The summed E-state index contributed by atoms with van der Waals surface area (Å²) in [5.41, 5.74) is 0.721. The summed E-state index contributed by atoms with van der Waals surface area (Å²) in [5, 5.41) is 0. The van der Waals surface area contributed by atoms with Gasteiger partial charge in [-0.15, -0.1) is 0 Å². The van der Waals surface area contributed by atoms with Gasteiger partial charge in [0.25, 0.3) is 0 Å². The average molecular weight is 218 g/mol. The molecular formula is C14H18O2. The number of ketones is 1. The minimum atomic E-state index is 0.0856. The van der Waals surface area contributed by atoms with Gasteiger partial charge in [-0.2, -0.15) is 0 Å². The largest absolute Gasteiger partial charge is 0.493 e. The molecule has 0 unspecified atom stereocenters. The standard InChI is InChI=1S/C14H18O2/c1-10-6-7-13(10)9-16-14-5-3-4-12(8-14)11(2)15/h3-5,8,10,13H,6-7,9H2,1-2H3/t10-,13+/m0/s1. The maximum Gasteiger partial charge on any atom is 0.159 e. The van der Waals surface area contributed by atoms with E-state index in [1.54, 1.807) is 6.92 Å². The molecule has 86 valence electrons. The Morgan fingerprint density at radius 3 is 2.81 bits per heavy atom. The normalized spacial score (nSPS) is 23.6. The molecular weight excluding hydrogens is 200 g/mol. The summed E-state index contributed by atoms with van der Waals surface area (Å²) >= 11 is 0. The second kappa shape index (κ2) is 4.69. The van der Waals surface area contributed by atoms with Crippen molar-refractivity contribution in [1.29, 1.82) is 0 Å². The molecule has 1 fully saturated rings. The lowest BCUT2D eigenvalue weighted by Gasteiger charge is -2.33. The Kier molecular flexibility index (Phi) is 3.28. The van der Waals surface area contributed by atoms with Gasteiger partial charge in [0, 0.05) is 5.56 Å². The van der Waals surface area contributed by atoms with E-state index >= 15 is 0 Å². The number of hydrogen-bond acceptors (Lipinski definition) is 2. The fourth-order valence-corrected chi connectivity index (χ4v) is 1.99. The molecule has 1 saturated carbocycles. The van der Waals surface area contributed by atoms with Crippen LogP contribution in [0.25, 0.3) is 0 Å². The molecule has 1 aromatic carbocycles. The molecule has 0 spiro atoms. The summed E-state index contributed by atoms with van der Waals surface area (Å²) < 4.78 is 5.72.